The lowest BCUT2D eigenvalue weighted by atomic mass is 9.90. The summed E-state index contributed by atoms with van der Waals surface area (Å²) in [4.78, 5) is 12.7. The number of nitrogens with one attached hydrogen (secondary N) is 1. The van der Waals surface area contributed by atoms with Gasteiger partial charge in [0.2, 0.25) is 0 Å². The number of nitrogens with zero attached hydrogens (tertiary/aromatic N) is 2. The van der Waals surface area contributed by atoms with Crippen molar-refractivity contribution in [1.29, 1.82) is 0 Å². The lowest BCUT2D eigenvalue weighted by Gasteiger charge is -2.37. The zero-order valence-electron chi connectivity index (χ0n) is 14.3. The van der Waals surface area contributed by atoms with E-state index < -0.39 is 0 Å². The van der Waals surface area contributed by atoms with Gasteiger partial charge in [-0.1, -0.05) is 0 Å². The van der Waals surface area contributed by atoms with E-state index in [-0.39, 0.29) is 11.4 Å². The molecular formula is C17H27N3O3. The van der Waals surface area contributed by atoms with E-state index in [1.807, 2.05) is 17.7 Å². The van der Waals surface area contributed by atoms with Crippen LogP contribution in [0.2, 0.25) is 0 Å². The number of ether oxygens (including phenoxy) is 2. The van der Waals surface area contributed by atoms with Crippen molar-refractivity contribution in [2.24, 2.45) is 5.92 Å². The first-order valence-electron chi connectivity index (χ1n) is 8.50. The van der Waals surface area contributed by atoms with Crippen LogP contribution in [0.1, 0.15) is 54.8 Å². The molecule has 1 saturated carbocycles. The Balaban J connectivity index is 1.73. The summed E-state index contributed by atoms with van der Waals surface area (Å²) in [5.41, 5.74) is 1.20. The van der Waals surface area contributed by atoms with Gasteiger partial charge in [0.15, 0.2) is 0 Å². The summed E-state index contributed by atoms with van der Waals surface area (Å²) >= 11 is 0. The fraction of sp³-hybridized carbons (Fsp3) is 0.765. The molecule has 2 fully saturated rings. The average molecular weight is 321 g/mol. The molecule has 1 amide bonds. The van der Waals surface area contributed by atoms with Crippen LogP contribution in [0.3, 0.4) is 0 Å². The van der Waals surface area contributed by atoms with E-state index in [2.05, 4.69) is 17.3 Å². The minimum Gasteiger partial charge on any atom is -0.382 e. The third-order valence-electron chi connectivity index (χ3n) is 5.09. The van der Waals surface area contributed by atoms with Gasteiger partial charge in [0, 0.05) is 26.0 Å². The van der Waals surface area contributed by atoms with Gasteiger partial charge in [0.1, 0.15) is 5.69 Å². The average Bonchev–Trinajstić information content (AvgIpc) is 3.30. The summed E-state index contributed by atoms with van der Waals surface area (Å²) in [6.45, 7) is 6.00. The second-order valence-corrected chi connectivity index (χ2v) is 6.97. The Morgan fingerprint density at radius 3 is 2.83 bits per heavy atom. The lowest BCUT2D eigenvalue weighted by molar-refractivity contribution is 0.00194. The molecule has 1 aromatic rings. The van der Waals surface area contributed by atoms with Crippen molar-refractivity contribution in [3.05, 3.63) is 17.5 Å². The van der Waals surface area contributed by atoms with Gasteiger partial charge in [0.05, 0.1) is 18.2 Å². The molecule has 2 aliphatic rings. The van der Waals surface area contributed by atoms with Gasteiger partial charge in [-0.05, 0) is 51.5 Å². The molecular weight excluding hydrogens is 294 g/mol. The zero-order valence-corrected chi connectivity index (χ0v) is 14.3. The van der Waals surface area contributed by atoms with E-state index in [0.717, 1.165) is 18.5 Å². The van der Waals surface area contributed by atoms with Crippen LogP contribution in [0.5, 0.6) is 0 Å². The number of rotatable bonds is 6. The van der Waals surface area contributed by atoms with Crippen molar-refractivity contribution in [2.45, 2.75) is 51.1 Å². The molecule has 6 heteroatoms. The van der Waals surface area contributed by atoms with Crippen LogP contribution in [0.15, 0.2) is 6.07 Å². The lowest BCUT2D eigenvalue weighted by Crippen LogP contribution is -2.55. The molecule has 23 heavy (non-hydrogen) atoms. The molecule has 0 aromatic carbocycles. The topological polar surface area (TPSA) is 65.4 Å². The second-order valence-electron chi connectivity index (χ2n) is 6.97. The van der Waals surface area contributed by atoms with Gasteiger partial charge in [-0.25, -0.2) is 0 Å². The molecule has 0 spiro atoms. The van der Waals surface area contributed by atoms with Crippen molar-refractivity contribution in [2.75, 3.05) is 26.9 Å². The highest BCUT2D eigenvalue weighted by Crippen LogP contribution is 2.39. The third-order valence-corrected chi connectivity index (χ3v) is 5.09. The van der Waals surface area contributed by atoms with Crippen molar-refractivity contribution in [3.8, 4) is 0 Å². The SMILES string of the molecule is COCC1(NC(=O)c2cc(C)n([C@@H](C)C3CC3)n2)CCOCC1. The minimum atomic E-state index is -0.343. The van der Waals surface area contributed by atoms with Crippen LogP contribution in [0.4, 0.5) is 0 Å². The number of hydrogen-bond acceptors (Lipinski definition) is 4. The van der Waals surface area contributed by atoms with E-state index in [9.17, 15) is 4.79 Å². The summed E-state index contributed by atoms with van der Waals surface area (Å²) in [6.07, 6.45) is 4.06. The maximum Gasteiger partial charge on any atom is 0.272 e. The molecule has 1 atom stereocenters. The molecule has 0 bridgehead atoms. The molecule has 1 aromatic heterocycles. The van der Waals surface area contributed by atoms with E-state index in [4.69, 9.17) is 9.47 Å². The minimum absolute atomic E-state index is 0.117. The zero-order chi connectivity index (χ0) is 16.4. The van der Waals surface area contributed by atoms with Crippen LogP contribution in [-0.2, 0) is 9.47 Å². The van der Waals surface area contributed by atoms with E-state index in [1.165, 1.54) is 12.8 Å². The van der Waals surface area contributed by atoms with Crippen molar-refractivity contribution in [1.82, 2.24) is 15.1 Å². The summed E-state index contributed by atoms with van der Waals surface area (Å²) < 4.78 is 12.8. The molecule has 1 N–H and O–H groups in total. The summed E-state index contributed by atoms with van der Waals surface area (Å²) in [5.74, 6) is 0.591. The third kappa shape index (κ3) is 3.58. The predicted molar refractivity (Wildman–Crippen MR) is 86.5 cm³/mol. The fourth-order valence-corrected chi connectivity index (χ4v) is 3.44. The number of carbonyl (C=O) groups is 1. The summed E-state index contributed by atoms with van der Waals surface area (Å²) in [5, 5.41) is 7.71. The quantitative estimate of drug-likeness (QED) is 0.871. The van der Waals surface area contributed by atoms with Crippen LogP contribution in [-0.4, -0.2) is 48.2 Å². The summed E-state index contributed by atoms with van der Waals surface area (Å²) in [7, 11) is 1.67. The van der Waals surface area contributed by atoms with Crippen molar-refractivity contribution in [3.63, 3.8) is 0 Å². The first kappa shape index (κ1) is 16.5. The number of amides is 1. The van der Waals surface area contributed by atoms with Gasteiger partial charge >= 0.3 is 0 Å². The number of methoxy groups -OCH3 is 1. The van der Waals surface area contributed by atoms with Gasteiger partial charge < -0.3 is 14.8 Å². The Bertz CT molecular complexity index is 554. The van der Waals surface area contributed by atoms with Gasteiger partial charge in [0.25, 0.3) is 5.91 Å². The standard InChI is InChI=1S/C17H27N3O3/c1-12-10-15(19-20(12)13(2)14-4-5-14)16(21)18-17(11-22-3)6-8-23-9-7-17/h10,13-14H,4-9,11H2,1-3H3,(H,18,21)/t13-/m0/s1. The van der Waals surface area contributed by atoms with E-state index in [0.29, 0.717) is 37.5 Å². The predicted octanol–water partition coefficient (Wildman–Crippen LogP) is 2.09. The van der Waals surface area contributed by atoms with Crippen LogP contribution >= 0.6 is 0 Å². The molecule has 1 aliphatic heterocycles. The highest BCUT2D eigenvalue weighted by molar-refractivity contribution is 5.93. The molecule has 2 heterocycles. The smallest absolute Gasteiger partial charge is 0.272 e. The fourth-order valence-electron chi connectivity index (χ4n) is 3.44. The van der Waals surface area contributed by atoms with Crippen LogP contribution in [0, 0.1) is 12.8 Å². The first-order valence-corrected chi connectivity index (χ1v) is 8.50. The van der Waals surface area contributed by atoms with Crippen LogP contribution in [0.25, 0.3) is 0 Å². The van der Waals surface area contributed by atoms with Gasteiger partial charge in [-0.2, -0.15) is 5.10 Å². The van der Waals surface area contributed by atoms with Crippen molar-refractivity contribution >= 4 is 5.91 Å². The number of carbonyl (C=O) groups excluding carboxylic acids is 1. The Morgan fingerprint density at radius 2 is 2.22 bits per heavy atom. The number of aromatic nitrogens is 2. The molecule has 1 aliphatic carbocycles. The van der Waals surface area contributed by atoms with Crippen LogP contribution < -0.4 is 5.32 Å². The Hall–Kier alpha value is -1.40. The second kappa shape index (κ2) is 6.61. The number of aryl methyl sites for hydroxylation is 1. The molecule has 128 valence electrons. The Morgan fingerprint density at radius 1 is 1.52 bits per heavy atom. The first-order chi connectivity index (χ1) is 11.0. The van der Waals surface area contributed by atoms with Gasteiger partial charge in [-0.3, -0.25) is 9.48 Å². The maximum atomic E-state index is 12.7. The summed E-state index contributed by atoms with van der Waals surface area (Å²) in [6, 6.07) is 2.25. The van der Waals surface area contributed by atoms with E-state index >= 15 is 0 Å². The van der Waals surface area contributed by atoms with Crippen molar-refractivity contribution < 1.29 is 14.3 Å². The normalized spacial score (nSPS) is 21.9. The molecule has 3 rings (SSSR count). The molecule has 0 unspecified atom stereocenters. The monoisotopic (exact) mass is 321 g/mol. The molecule has 1 saturated heterocycles. The number of hydrogen-bond donors (Lipinski definition) is 1. The Kier molecular flexibility index (Phi) is 4.73. The maximum absolute atomic E-state index is 12.7. The van der Waals surface area contributed by atoms with E-state index in [1.54, 1.807) is 7.11 Å². The highest BCUT2D eigenvalue weighted by Gasteiger charge is 2.36. The molecule has 6 nitrogen and oxygen atoms in total. The van der Waals surface area contributed by atoms with Gasteiger partial charge in [-0.15, -0.1) is 0 Å². The highest BCUT2D eigenvalue weighted by atomic mass is 16.5. The Labute approximate surface area is 137 Å². The largest absolute Gasteiger partial charge is 0.382 e. The molecule has 0 radical (unpaired) electrons.